The number of halogens is 1. The number of aromatic nitrogens is 2. The zero-order valence-corrected chi connectivity index (χ0v) is 16.0. The Morgan fingerprint density at radius 2 is 1.77 bits per heavy atom. The van der Waals surface area contributed by atoms with Crippen LogP contribution in [-0.2, 0) is 17.8 Å². The summed E-state index contributed by atoms with van der Waals surface area (Å²) in [6, 6.07) is 16.4. The lowest BCUT2D eigenvalue weighted by molar-refractivity contribution is -0.0712. The lowest BCUT2D eigenvalue weighted by atomic mass is 10.2. The fourth-order valence-electron chi connectivity index (χ4n) is 3.82. The quantitative estimate of drug-likeness (QED) is 0.685. The highest BCUT2D eigenvalue weighted by molar-refractivity contribution is 6.31. The van der Waals surface area contributed by atoms with Crippen molar-refractivity contribution in [1.29, 1.82) is 0 Å². The number of benzene rings is 2. The summed E-state index contributed by atoms with van der Waals surface area (Å²) in [5, 5.41) is 0.742. The largest absolute Gasteiger partial charge is 0.373 e. The van der Waals surface area contributed by atoms with Gasteiger partial charge in [-0.2, -0.15) is 0 Å². The molecule has 4 rings (SSSR count). The van der Waals surface area contributed by atoms with E-state index in [-0.39, 0.29) is 12.2 Å². The van der Waals surface area contributed by atoms with Crippen LogP contribution in [0.4, 0.5) is 0 Å². The molecule has 5 heteroatoms. The second kappa shape index (κ2) is 7.39. The molecular weight excluding hydrogens is 346 g/mol. The number of fused-ring (bicyclic) bond motifs is 1. The minimum Gasteiger partial charge on any atom is -0.373 e. The maximum absolute atomic E-state index is 6.26. The zero-order valence-electron chi connectivity index (χ0n) is 15.2. The van der Waals surface area contributed by atoms with Gasteiger partial charge < -0.3 is 9.30 Å². The molecule has 4 nitrogen and oxygen atoms in total. The second-order valence-corrected chi connectivity index (χ2v) is 7.62. The van der Waals surface area contributed by atoms with E-state index in [4.69, 9.17) is 21.3 Å². The SMILES string of the molecule is CC1CN(Cc2nc3ccc(Cl)cc3n2Cc2ccccc2)CC(C)O1. The van der Waals surface area contributed by atoms with Crippen molar-refractivity contribution in [3.8, 4) is 0 Å². The molecule has 1 aliphatic rings. The number of morpholine rings is 1. The van der Waals surface area contributed by atoms with Gasteiger partial charge in [0, 0.05) is 24.7 Å². The first-order valence-electron chi connectivity index (χ1n) is 9.15. The van der Waals surface area contributed by atoms with E-state index in [1.807, 2.05) is 24.3 Å². The molecule has 136 valence electrons. The summed E-state index contributed by atoms with van der Waals surface area (Å²) in [5.74, 6) is 1.08. The Labute approximate surface area is 159 Å². The lowest BCUT2D eigenvalue weighted by Crippen LogP contribution is -2.45. The standard InChI is InChI=1S/C21H24ClN3O/c1-15-11-24(12-16(2)26-15)14-21-23-19-9-8-18(22)10-20(19)25(21)13-17-6-4-3-5-7-17/h3-10,15-16H,11-14H2,1-2H3. The van der Waals surface area contributed by atoms with Crippen LogP contribution in [-0.4, -0.2) is 39.7 Å². The average molecular weight is 370 g/mol. The van der Waals surface area contributed by atoms with Crippen LogP contribution in [0.3, 0.4) is 0 Å². The Hall–Kier alpha value is -1.88. The van der Waals surface area contributed by atoms with E-state index in [1.165, 1.54) is 5.56 Å². The van der Waals surface area contributed by atoms with E-state index in [2.05, 4.69) is 47.6 Å². The molecule has 1 aliphatic heterocycles. The van der Waals surface area contributed by atoms with Crippen LogP contribution in [0.25, 0.3) is 11.0 Å². The lowest BCUT2D eigenvalue weighted by Gasteiger charge is -2.35. The molecule has 1 aromatic heterocycles. The number of rotatable bonds is 4. The van der Waals surface area contributed by atoms with Crippen molar-refractivity contribution in [2.75, 3.05) is 13.1 Å². The predicted molar refractivity (Wildman–Crippen MR) is 106 cm³/mol. The fourth-order valence-corrected chi connectivity index (χ4v) is 3.99. The maximum Gasteiger partial charge on any atom is 0.124 e. The van der Waals surface area contributed by atoms with Crippen molar-refractivity contribution >= 4 is 22.6 Å². The van der Waals surface area contributed by atoms with Crippen LogP contribution in [0.15, 0.2) is 48.5 Å². The first-order valence-corrected chi connectivity index (χ1v) is 9.52. The minimum absolute atomic E-state index is 0.250. The van der Waals surface area contributed by atoms with Crippen molar-refractivity contribution in [3.63, 3.8) is 0 Å². The molecule has 0 amide bonds. The molecule has 26 heavy (non-hydrogen) atoms. The van der Waals surface area contributed by atoms with Crippen LogP contribution in [0.1, 0.15) is 25.2 Å². The van der Waals surface area contributed by atoms with E-state index in [0.717, 1.165) is 48.1 Å². The van der Waals surface area contributed by atoms with Gasteiger partial charge in [-0.25, -0.2) is 4.98 Å². The third-order valence-corrected chi connectivity index (χ3v) is 5.07. The number of imidazole rings is 1. The van der Waals surface area contributed by atoms with E-state index in [9.17, 15) is 0 Å². The Morgan fingerprint density at radius 1 is 1.04 bits per heavy atom. The Morgan fingerprint density at radius 3 is 2.50 bits per heavy atom. The van der Waals surface area contributed by atoms with Crippen LogP contribution >= 0.6 is 11.6 Å². The van der Waals surface area contributed by atoms with Crippen LogP contribution < -0.4 is 0 Å². The molecule has 2 unspecified atom stereocenters. The number of hydrogen-bond donors (Lipinski definition) is 0. The van der Waals surface area contributed by atoms with Gasteiger partial charge >= 0.3 is 0 Å². The predicted octanol–water partition coefficient (Wildman–Crippen LogP) is 4.35. The van der Waals surface area contributed by atoms with Crippen LogP contribution in [0.5, 0.6) is 0 Å². The van der Waals surface area contributed by atoms with Crippen molar-refractivity contribution in [2.24, 2.45) is 0 Å². The molecule has 1 fully saturated rings. The van der Waals surface area contributed by atoms with Crippen molar-refractivity contribution in [2.45, 2.75) is 39.1 Å². The summed E-state index contributed by atoms with van der Waals surface area (Å²) in [6.45, 7) is 7.74. The molecule has 0 N–H and O–H groups in total. The zero-order chi connectivity index (χ0) is 18.1. The van der Waals surface area contributed by atoms with E-state index >= 15 is 0 Å². The van der Waals surface area contributed by atoms with E-state index in [1.54, 1.807) is 0 Å². The third-order valence-electron chi connectivity index (χ3n) is 4.83. The molecule has 0 spiro atoms. The summed E-state index contributed by atoms with van der Waals surface area (Å²) in [7, 11) is 0. The third kappa shape index (κ3) is 3.78. The molecule has 2 atom stereocenters. The monoisotopic (exact) mass is 369 g/mol. The number of hydrogen-bond acceptors (Lipinski definition) is 3. The second-order valence-electron chi connectivity index (χ2n) is 7.18. The van der Waals surface area contributed by atoms with E-state index < -0.39 is 0 Å². The molecule has 0 bridgehead atoms. The summed E-state index contributed by atoms with van der Waals surface area (Å²) >= 11 is 6.26. The molecule has 0 radical (unpaired) electrons. The maximum atomic E-state index is 6.26. The highest BCUT2D eigenvalue weighted by Crippen LogP contribution is 2.24. The van der Waals surface area contributed by atoms with Gasteiger partial charge in [0.25, 0.3) is 0 Å². The minimum atomic E-state index is 0.250. The molecule has 0 saturated carbocycles. The average Bonchev–Trinajstić information content (AvgIpc) is 2.92. The van der Waals surface area contributed by atoms with Gasteiger partial charge in [0.2, 0.25) is 0 Å². The summed E-state index contributed by atoms with van der Waals surface area (Å²) in [6.07, 6.45) is 0.500. The highest BCUT2D eigenvalue weighted by Gasteiger charge is 2.24. The summed E-state index contributed by atoms with van der Waals surface area (Å²) in [5.41, 5.74) is 3.34. The van der Waals surface area contributed by atoms with Crippen LogP contribution in [0, 0.1) is 0 Å². The van der Waals surface area contributed by atoms with Gasteiger partial charge in [-0.3, -0.25) is 4.90 Å². The Kier molecular flexibility index (Phi) is 4.98. The van der Waals surface area contributed by atoms with Gasteiger partial charge in [0.1, 0.15) is 5.82 Å². The molecule has 2 heterocycles. The van der Waals surface area contributed by atoms with Gasteiger partial charge in [-0.05, 0) is 37.6 Å². The van der Waals surface area contributed by atoms with Gasteiger partial charge in [-0.1, -0.05) is 41.9 Å². The highest BCUT2D eigenvalue weighted by atomic mass is 35.5. The fraction of sp³-hybridized carbons (Fsp3) is 0.381. The molecular formula is C21H24ClN3O. The summed E-state index contributed by atoms with van der Waals surface area (Å²) in [4.78, 5) is 7.35. The first-order chi connectivity index (χ1) is 12.6. The number of nitrogens with zero attached hydrogens (tertiary/aromatic N) is 3. The molecule has 2 aromatic carbocycles. The molecule has 3 aromatic rings. The Balaban J connectivity index is 1.70. The summed E-state index contributed by atoms with van der Waals surface area (Å²) < 4.78 is 8.16. The smallest absolute Gasteiger partial charge is 0.124 e. The van der Waals surface area contributed by atoms with Crippen molar-refractivity contribution in [1.82, 2.24) is 14.5 Å². The Bertz CT molecular complexity index is 883. The van der Waals surface area contributed by atoms with Crippen LogP contribution in [0.2, 0.25) is 5.02 Å². The molecule has 1 saturated heterocycles. The van der Waals surface area contributed by atoms with Gasteiger partial charge in [0.15, 0.2) is 0 Å². The first kappa shape index (κ1) is 17.5. The van der Waals surface area contributed by atoms with Crippen molar-refractivity contribution in [3.05, 3.63) is 64.9 Å². The molecule has 0 aliphatic carbocycles. The van der Waals surface area contributed by atoms with Crippen molar-refractivity contribution < 1.29 is 4.74 Å². The van der Waals surface area contributed by atoms with E-state index in [0.29, 0.717) is 0 Å². The number of ether oxygens (including phenoxy) is 1. The van der Waals surface area contributed by atoms with Gasteiger partial charge in [0.05, 0.1) is 29.8 Å². The van der Waals surface area contributed by atoms with Gasteiger partial charge in [-0.15, -0.1) is 0 Å². The topological polar surface area (TPSA) is 30.3 Å². The normalized spacial score (nSPS) is 21.3.